The summed E-state index contributed by atoms with van der Waals surface area (Å²) in [6, 6.07) is 12.1. The molecular formula is C16H16ClNO4S. The van der Waals surface area contributed by atoms with Gasteiger partial charge in [-0.1, -0.05) is 29.8 Å². The maximum Gasteiger partial charge on any atom is 0.337 e. The van der Waals surface area contributed by atoms with Crippen molar-refractivity contribution in [2.45, 2.75) is 17.9 Å². The van der Waals surface area contributed by atoms with E-state index in [1.807, 2.05) is 0 Å². The summed E-state index contributed by atoms with van der Waals surface area (Å²) in [6.45, 7) is 1.72. The van der Waals surface area contributed by atoms with Crippen LogP contribution in [0.5, 0.6) is 0 Å². The first-order chi connectivity index (χ1) is 10.8. The summed E-state index contributed by atoms with van der Waals surface area (Å²) in [7, 11) is -2.55. The van der Waals surface area contributed by atoms with Gasteiger partial charge in [0.25, 0.3) is 0 Å². The van der Waals surface area contributed by atoms with E-state index in [0.717, 1.165) is 5.56 Å². The molecule has 0 aliphatic carbocycles. The van der Waals surface area contributed by atoms with Gasteiger partial charge in [0.15, 0.2) is 0 Å². The number of hydrogen-bond donors (Lipinski definition) is 1. The topological polar surface area (TPSA) is 72.5 Å². The highest BCUT2D eigenvalue weighted by Gasteiger charge is 2.20. The molecule has 2 rings (SSSR count). The Kier molecular flexibility index (Phi) is 5.41. The molecule has 0 aromatic heterocycles. The van der Waals surface area contributed by atoms with Crippen LogP contribution in [0.15, 0.2) is 53.4 Å². The van der Waals surface area contributed by atoms with Crippen LogP contribution in [0.25, 0.3) is 0 Å². The van der Waals surface area contributed by atoms with E-state index in [2.05, 4.69) is 9.46 Å². The zero-order chi connectivity index (χ0) is 17.0. The molecule has 0 aliphatic heterocycles. The lowest BCUT2D eigenvalue weighted by molar-refractivity contribution is 0.0600. The van der Waals surface area contributed by atoms with Crippen LogP contribution in [-0.4, -0.2) is 21.5 Å². The Morgan fingerprint density at radius 1 is 1.17 bits per heavy atom. The van der Waals surface area contributed by atoms with E-state index in [9.17, 15) is 13.2 Å². The van der Waals surface area contributed by atoms with Gasteiger partial charge in [-0.2, -0.15) is 0 Å². The molecule has 0 amide bonds. The highest BCUT2D eigenvalue weighted by Crippen LogP contribution is 2.20. The van der Waals surface area contributed by atoms with Crippen molar-refractivity contribution >= 4 is 27.6 Å². The number of carbonyl (C=O) groups is 1. The first kappa shape index (κ1) is 17.5. The van der Waals surface area contributed by atoms with E-state index in [0.29, 0.717) is 5.02 Å². The Bertz CT molecular complexity index is 820. The SMILES string of the molecule is COC(=O)c1cccc(S(=O)(=O)NC(C)c2cccc(Cl)c2)c1. The molecule has 1 unspecified atom stereocenters. The average molecular weight is 354 g/mol. The number of benzene rings is 2. The molecule has 122 valence electrons. The molecule has 0 saturated carbocycles. The van der Waals surface area contributed by atoms with Gasteiger partial charge >= 0.3 is 5.97 Å². The van der Waals surface area contributed by atoms with Crippen molar-refractivity contribution in [1.82, 2.24) is 4.72 Å². The van der Waals surface area contributed by atoms with Crippen LogP contribution in [0.2, 0.25) is 5.02 Å². The van der Waals surface area contributed by atoms with Gasteiger partial charge in [0.1, 0.15) is 0 Å². The van der Waals surface area contributed by atoms with Crippen LogP contribution in [0, 0.1) is 0 Å². The second-order valence-electron chi connectivity index (χ2n) is 4.92. The van der Waals surface area contributed by atoms with Crippen LogP contribution in [0.4, 0.5) is 0 Å². The van der Waals surface area contributed by atoms with E-state index in [-0.39, 0.29) is 10.5 Å². The summed E-state index contributed by atoms with van der Waals surface area (Å²) in [4.78, 5) is 11.5. The fourth-order valence-electron chi connectivity index (χ4n) is 2.05. The number of rotatable bonds is 5. The molecule has 7 heteroatoms. The standard InChI is InChI=1S/C16H16ClNO4S/c1-11(12-5-3-7-14(17)9-12)18-23(20,21)15-8-4-6-13(10-15)16(19)22-2/h3-11,18H,1-2H3. The second-order valence-corrected chi connectivity index (χ2v) is 7.07. The molecule has 5 nitrogen and oxygen atoms in total. The van der Waals surface area contributed by atoms with E-state index in [1.165, 1.54) is 31.4 Å². The average Bonchev–Trinajstić information content (AvgIpc) is 2.54. The number of carbonyl (C=O) groups excluding carboxylic acids is 1. The Labute approximate surface area is 140 Å². The second kappa shape index (κ2) is 7.12. The normalized spacial score (nSPS) is 12.7. The number of sulfonamides is 1. The van der Waals surface area contributed by atoms with Crippen LogP contribution in [-0.2, 0) is 14.8 Å². The van der Waals surface area contributed by atoms with Crippen molar-refractivity contribution in [2.75, 3.05) is 7.11 Å². The predicted molar refractivity (Wildman–Crippen MR) is 88.0 cm³/mol. The van der Waals surface area contributed by atoms with Crippen LogP contribution in [0.1, 0.15) is 28.9 Å². The molecule has 23 heavy (non-hydrogen) atoms. The first-order valence-electron chi connectivity index (χ1n) is 6.79. The molecular weight excluding hydrogens is 338 g/mol. The van der Waals surface area contributed by atoms with Gasteiger partial charge in [0.05, 0.1) is 17.6 Å². The van der Waals surface area contributed by atoms with E-state index in [1.54, 1.807) is 31.2 Å². The number of nitrogens with one attached hydrogen (secondary N) is 1. The highest BCUT2D eigenvalue weighted by molar-refractivity contribution is 7.89. The highest BCUT2D eigenvalue weighted by atomic mass is 35.5. The van der Waals surface area contributed by atoms with E-state index >= 15 is 0 Å². The van der Waals surface area contributed by atoms with Crippen molar-refractivity contribution < 1.29 is 17.9 Å². The monoisotopic (exact) mass is 353 g/mol. The molecule has 0 bridgehead atoms. The first-order valence-corrected chi connectivity index (χ1v) is 8.66. The minimum atomic E-state index is -3.79. The molecule has 2 aromatic carbocycles. The molecule has 0 heterocycles. The van der Waals surface area contributed by atoms with Crippen molar-refractivity contribution in [1.29, 1.82) is 0 Å². The van der Waals surface area contributed by atoms with Gasteiger partial charge in [0.2, 0.25) is 10.0 Å². The number of ether oxygens (including phenoxy) is 1. The smallest absolute Gasteiger partial charge is 0.337 e. The third-order valence-electron chi connectivity index (χ3n) is 3.25. The van der Waals surface area contributed by atoms with Crippen LogP contribution in [0.3, 0.4) is 0 Å². The lowest BCUT2D eigenvalue weighted by atomic mass is 10.1. The number of halogens is 1. The molecule has 0 radical (unpaired) electrons. The lowest BCUT2D eigenvalue weighted by Gasteiger charge is -2.15. The summed E-state index contributed by atoms with van der Waals surface area (Å²) in [6.07, 6.45) is 0. The van der Waals surface area contributed by atoms with Crippen molar-refractivity contribution in [3.05, 3.63) is 64.7 Å². The van der Waals surface area contributed by atoms with Gasteiger partial charge in [-0.25, -0.2) is 17.9 Å². The van der Waals surface area contributed by atoms with Crippen molar-refractivity contribution in [3.8, 4) is 0 Å². The number of hydrogen-bond acceptors (Lipinski definition) is 4. The molecule has 2 aromatic rings. The van der Waals surface area contributed by atoms with E-state index in [4.69, 9.17) is 11.6 Å². The molecule has 1 atom stereocenters. The van der Waals surface area contributed by atoms with Gasteiger partial charge in [0, 0.05) is 11.1 Å². The van der Waals surface area contributed by atoms with Gasteiger partial charge in [-0.3, -0.25) is 0 Å². The molecule has 1 N–H and O–H groups in total. The lowest BCUT2D eigenvalue weighted by Crippen LogP contribution is -2.27. The third kappa shape index (κ3) is 4.31. The quantitative estimate of drug-likeness (QED) is 0.838. The third-order valence-corrected chi connectivity index (χ3v) is 5.02. The van der Waals surface area contributed by atoms with Crippen molar-refractivity contribution in [2.24, 2.45) is 0 Å². The summed E-state index contributed by atoms with van der Waals surface area (Å²) >= 11 is 5.92. The van der Waals surface area contributed by atoms with Crippen molar-refractivity contribution in [3.63, 3.8) is 0 Å². The maximum absolute atomic E-state index is 12.5. The zero-order valence-electron chi connectivity index (χ0n) is 12.6. The number of methoxy groups -OCH3 is 1. The molecule has 0 spiro atoms. The van der Waals surface area contributed by atoms with Gasteiger partial charge in [-0.15, -0.1) is 0 Å². The zero-order valence-corrected chi connectivity index (χ0v) is 14.2. The summed E-state index contributed by atoms with van der Waals surface area (Å²) < 4.78 is 32.1. The Morgan fingerprint density at radius 3 is 2.52 bits per heavy atom. The van der Waals surface area contributed by atoms with Crippen LogP contribution >= 0.6 is 11.6 Å². The van der Waals surface area contributed by atoms with Gasteiger partial charge in [-0.05, 0) is 42.8 Å². The largest absolute Gasteiger partial charge is 0.465 e. The van der Waals surface area contributed by atoms with E-state index < -0.39 is 22.0 Å². The fraction of sp³-hybridized carbons (Fsp3) is 0.188. The van der Waals surface area contributed by atoms with Crippen LogP contribution < -0.4 is 4.72 Å². The Morgan fingerprint density at radius 2 is 1.87 bits per heavy atom. The molecule has 0 aliphatic rings. The predicted octanol–water partition coefficient (Wildman–Crippen LogP) is 3.17. The minimum Gasteiger partial charge on any atom is -0.465 e. The molecule has 0 fully saturated rings. The minimum absolute atomic E-state index is 0.00530. The summed E-state index contributed by atoms with van der Waals surface area (Å²) in [5.74, 6) is -0.593. The Balaban J connectivity index is 2.27. The fourth-order valence-corrected chi connectivity index (χ4v) is 3.53. The summed E-state index contributed by atoms with van der Waals surface area (Å²) in [5, 5.41) is 0.529. The Hall–Kier alpha value is -1.89. The maximum atomic E-state index is 12.5. The summed E-state index contributed by atoms with van der Waals surface area (Å²) in [5.41, 5.74) is 0.913. The number of esters is 1. The van der Waals surface area contributed by atoms with Gasteiger partial charge < -0.3 is 4.74 Å². The molecule has 0 saturated heterocycles.